The Kier molecular flexibility index (Phi) is 7.21. The molecule has 1 aromatic carbocycles. The molecule has 0 saturated carbocycles. The third kappa shape index (κ3) is 4.30. The van der Waals surface area contributed by atoms with Crippen molar-refractivity contribution >= 4 is 52.7 Å². The van der Waals surface area contributed by atoms with Crippen LogP contribution in [-0.2, 0) is 29.3 Å². The summed E-state index contributed by atoms with van der Waals surface area (Å²) in [5.41, 5.74) is -0.933. The zero-order valence-electron chi connectivity index (χ0n) is 23.7. The number of likely N-dealkylation sites (tertiary alicyclic amines) is 1. The summed E-state index contributed by atoms with van der Waals surface area (Å²) in [6, 6.07) is 4.92. The average Bonchev–Trinajstić information content (AvgIpc) is 3.40. The maximum absolute atomic E-state index is 14.4. The van der Waals surface area contributed by atoms with E-state index in [1.165, 1.54) is 6.92 Å². The topological polar surface area (TPSA) is 128 Å². The third-order valence-electron chi connectivity index (χ3n) is 6.89. The number of anilines is 1. The normalized spacial score (nSPS) is 22.1. The highest BCUT2D eigenvalue weighted by Gasteiger charge is 2.73. The molecule has 1 fully saturated rings. The smallest absolute Gasteiger partial charge is 0.416 e. The number of hydrogen-bond donors (Lipinski definition) is 0. The number of amides is 3. The number of rotatable bonds is 3. The molecule has 12 heteroatoms. The van der Waals surface area contributed by atoms with E-state index in [9.17, 15) is 24.0 Å². The van der Waals surface area contributed by atoms with Crippen LogP contribution in [0.3, 0.4) is 0 Å². The van der Waals surface area contributed by atoms with Crippen molar-refractivity contribution in [2.24, 2.45) is 5.92 Å². The third-order valence-corrected chi connectivity index (χ3v) is 7.41. The highest BCUT2D eigenvalue weighted by Crippen LogP contribution is 2.55. The van der Waals surface area contributed by atoms with Gasteiger partial charge in [-0.15, -0.1) is 0 Å². The lowest BCUT2D eigenvalue weighted by Crippen LogP contribution is -2.53. The van der Waals surface area contributed by atoms with Gasteiger partial charge in [-0.1, -0.05) is 24.4 Å². The predicted molar refractivity (Wildman–Crippen MR) is 148 cm³/mol. The second-order valence-electron chi connectivity index (χ2n) is 11.0. The molecule has 2 aliphatic rings. The minimum Gasteiger partial charge on any atom is -0.466 e. The van der Waals surface area contributed by atoms with Crippen molar-refractivity contribution in [1.82, 2.24) is 14.7 Å². The van der Waals surface area contributed by atoms with Gasteiger partial charge in [0.05, 0.1) is 18.0 Å². The number of esters is 1. The first-order valence-electron chi connectivity index (χ1n) is 12.8. The Morgan fingerprint density at radius 3 is 2.27 bits per heavy atom. The molecule has 0 bridgehead atoms. The molecule has 0 unspecified atom stereocenters. The molecule has 3 heterocycles. The number of benzene rings is 1. The van der Waals surface area contributed by atoms with Crippen molar-refractivity contribution < 1.29 is 33.4 Å². The van der Waals surface area contributed by atoms with Crippen LogP contribution in [0.25, 0.3) is 0 Å². The second kappa shape index (κ2) is 9.92. The number of imide groups is 1. The van der Waals surface area contributed by atoms with E-state index in [-0.39, 0.29) is 22.8 Å². The Hall–Kier alpha value is -3.93. The van der Waals surface area contributed by atoms with E-state index < -0.39 is 52.8 Å². The standard InChI is InChI=1S/C28H32N4O7S/c1-9-38-23(35)20-21(22(34)32-16(4)13-15(3)29-32)31(26(37)39-27(6,7)8)25(40)28(20)18-11-10-14(2)12-19(18)30(17(5)33)24(28)36/h10-13,20-21H,9H2,1-8H3/t20-,21-,28-/m0/s1. The summed E-state index contributed by atoms with van der Waals surface area (Å²) in [7, 11) is 0. The van der Waals surface area contributed by atoms with Gasteiger partial charge < -0.3 is 9.47 Å². The number of carbonyl (C=O) groups excluding carboxylic acids is 5. The van der Waals surface area contributed by atoms with Gasteiger partial charge in [0, 0.05) is 12.6 Å². The minimum atomic E-state index is -2.08. The van der Waals surface area contributed by atoms with Crippen LogP contribution in [0.1, 0.15) is 61.9 Å². The lowest BCUT2D eigenvalue weighted by molar-refractivity contribution is -0.152. The van der Waals surface area contributed by atoms with Gasteiger partial charge in [0.1, 0.15) is 28.0 Å². The van der Waals surface area contributed by atoms with Gasteiger partial charge in [-0.05, 0) is 71.7 Å². The Morgan fingerprint density at radius 2 is 1.75 bits per heavy atom. The van der Waals surface area contributed by atoms with E-state index in [1.54, 1.807) is 72.7 Å². The molecule has 0 aliphatic carbocycles. The first kappa shape index (κ1) is 29.1. The van der Waals surface area contributed by atoms with Gasteiger partial charge >= 0.3 is 12.1 Å². The molecule has 4 rings (SSSR count). The number of aromatic nitrogens is 2. The highest BCUT2D eigenvalue weighted by atomic mass is 32.1. The number of thiocarbonyl (C=S) groups is 1. The fourth-order valence-corrected chi connectivity index (χ4v) is 6.00. The van der Waals surface area contributed by atoms with Crippen LogP contribution < -0.4 is 4.90 Å². The van der Waals surface area contributed by atoms with Crippen LogP contribution in [0, 0.1) is 26.7 Å². The Morgan fingerprint density at radius 1 is 1.10 bits per heavy atom. The van der Waals surface area contributed by atoms with E-state index in [0.29, 0.717) is 11.4 Å². The summed E-state index contributed by atoms with van der Waals surface area (Å²) in [5, 5.41) is 4.26. The summed E-state index contributed by atoms with van der Waals surface area (Å²) in [6.45, 7) is 12.7. The molecular weight excluding hydrogens is 536 g/mol. The summed E-state index contributed by atoms with van der Waals surface area (Å²) in [4.78, 5) is 70.5. The van der Waals surface area contributed by atoms with Crippen LogP contribution in [-0.4, -0.2) is 67.7 Å². The minimum absolute atomic E-state index is 0.0726. The van der Waals surface area contributed by atoms with E-state index >= 15 is 0 Å². The van der Waals surface area contributed by atoms with Crippen molar-refractivity contribution in [2.75, 3.05) is 11.5 Å². The summed E-state index contributed by atoms with van der Waals surface area (Å²) in [6.07, 6.45) is -1.02. The number of carbonyl (C=O) groups is 5. The van der Waals surface area contributed by atoms with Crippen LogP contribution in [0.5, 0.6) is 0 Å². The van der Waals surface area contributed by atoms with Gasteiger partial charge in [0.25, 0.3) is 11.8 Å². The molecule has 2 aliphatic heterocycles. The monoisotopic (exact) mass is 568 g/mol. The SMILES string of the molecule is CCOC(=O)[C@@H]1[C@@H](C(=O)n2nc(C)cc2C)N(C(=O)OC(C)(C)C)C(=S)[C@]12C(=O)N(C(C)=O)c1cc(C)ccc12. The molecule has 0 N–H and O–H groups in total. The lowest BCUT2D eigenvalue weighted by atomic mass is 9.70. The van der Waals surface area contributed by atoms with Crippen molar-refractivity contribution in [1.29, 1.82) is 0 Å². The molecule has 40 heavy (non-hydrogen) atoms. The maximum Gasteiger partial charge on any atom is 0.416 e. The highest BCUT2D eigenvalue weighted by molar-refractivity contribution is 7.80. The zero-order chi connectivity index (χ0) is 29.9. The molecule has 3 atom stereocenters. The molecule has 0 radical (unpaired) electrons. The lowest BCUT2D eigenvalue weighted by Gasteiger charge is -2.28. The Bertz CT molecular complexity index is 1470. The maximum atomic E-state index is 14.4. The predicted octanol–water partition coefficient (Wildman–Crippen LogP) is 3.41. The fraction of sp³-hybridized carbons (Fsp3) is 0.464. The van der Waals surface area contributed by atoms with Gasteiger partial charge in [-0.25, -0.2) is 14.4 Å². The van der Waals surface area contributed by atoms with Crippen molar-refractivity contribution in [3.63, 3.8) is 0 Å². The van der Waals surface area contributed by atoms with Crippen LogP contribution in [0.4, 0.5) is 10.5 Å². The van der Waals surface area contributed by atoms with Gasteiger partial charge in [-0.2, -0.15) is 5.10 Å². The first-order valence-corrected chi connectivity index (χ1v) is 13.3. The van der Waals surface area contributed by atoms with E-state index in [2.05, 4.69) is 5.10 Å². The molecule has 11 nitrogen and oxygen atoms in total. The number of ether oxygens (including phenoxy) is 2. The van der Waals surface area contributed by atoms with Gasteiger partial charge in [-0.3, -0.25) is 24.1 Å². The molecular formula is C28H32N4O7S. The Labute approximate surface area is 237 Å². The van der Waals surface area contributed by atoms with E-state index in [1.807, 2.05) is 0 Å². The summed E-state index contributed by atoms with van der Waals surface area (Å²) in [5.74, 6) is -4.81. The average molecular weight is 569 g/mol. The van der Waals surface area contributed by atoms with Gasteiger partial charge in [0.15, 0.2) is 0 Å². The van der Waals surface area contributed by atoms with Gasteiger partial charge in [0.2, 0.25) is 5.91 Å². The fourth-order valence-electron chi connectivity index (χ4n) is 5.49. The quantitative estimate of drug-likeness (QED) is 0.404. The van der Waals surface area contributed by atoms with Crippen molar-refractivity contribution in [3.05, 3.63) is 46.8 Å². The van der Waals surface area contributed by atoms with E-state index in [4.69, 9.17) is 21.7 Å². The molecule has 3 amide bonds. The number of aryl methyl sites for hydroxylation is 3. The second-order valence-corrected chi connectivity index (χ2v) is 11.4. The molecule has 1 saturated heterocycles. The molecule has 2 aromatic rings. The van der Waals surface area contributed by atoms with Crippen LogP contribution in [0.15, 0.2) is 24.3 Å². The zero-order valence-corrected chi connectivity index (χ0v) is 24.5. The van der Waals surface area contributed by atoms with Crippen molar-refractivity contribution in [3.8, 4) is 0 Å². The largest absolute Gasteiger partial charge is 0.466 e. The molecule has 1 aromatic heterocycles. The number of fused-ring (bicyclic) bond motifs is 2. The van der Waals surface area contributed by atoms with Crippen LogP contribution >= 0.6 is 12.2 Å². The number of hydrogen-bond acceptors (Lipinski definition) is 9. The van der Waals surface area contributed by atoms with Crippen molar-refractivity contribution in [2.45, 2.75) is 72.4 Å². The molecule has 1 spiro atoms. The summed E-state index contributed by atoms with van der Waals surface area (Å²) < 4.78 is 12.1. The first-order chi connectivity index (χ1) is 18.6. The Balaban J connectivity index is 2.08. The number of nitrogens with zero attached hydrogens (tertiary/aromatic N) is 4. The molecule has 212 valence electrons. The van der Waals surface area contributed by atoms with E-state index in [0.717, 1.165) is 20.0 Å². The summed E-state index contributed by atoms with van der Waals surface area (Å²) >= 11 is 5.84. The van der Waals surface area contributed by atoms with Crippen LogP contribution in [0.2, 0.25) is 0 Å².